The van der Waals surface area contributed by atoms with Crippen LogP contribution in [0.1, 0.15) is 29.6 Å². The molecule has 0 spiro atoms. The number of carbonyl (C=O) groups is 3. The molecule has 2 saturated carbocycles. The van der Waals surface area contributed by atoms with Crippen LogP contribution in [0.5, 0.6) is 5.75 Å². The van der Waals surface area contributed by atoms with Crippen molar-refractivity contribution < 1.29 is 19.1 Å². The van der Waals surface area contributed by atoms with E-state index < -0.39 is 0 Å². The van der Waals surface area contributed by atoms with Gasteiger partial charge in [-0.15, -0.1) is 0 Å². The second-order valence-electron chi connectivity index (χ2n) is 9.52. The minimum atomic E-state index is -0.191. The maximum Gasteiger partial charge on any atom is 0.238 e. The summed E-state index contributed by atoms with van der Waals surface area (Å²) in [6.07, 6.45) is 3.07. The number of nitrogens with zero attached hydrogens (tertiary/aromatic N) is 1. The highest BCUT2D eigenvalue weighted by Gasteiger charge is 2.61. The summed E-state index contributed by atoms with van der Waals surface area (Å²) < 4.78 is 5.87. The van der Waals surface area contributed by atoms with Crippen molar-refractivity contribution in [1.82, 2.24) is 0 Å². The third kappa shape index (κ3) is 3.35. The molecule has 2 aliphatic carbocycles. The molecule has 0 N–H and O–H groups in total. The standard InChI is InChI=1S/C29H25NO4/c31-24(20-12-10-19(11-13-20)18-6-2-1-3-7-18)17-34-25-9-5-4-8-23(25)30-28(32)26-21-14-15-22(16-21)27(26)29(30)33/h1-13,21-22,26-27H,14-17H2/t21-,22+,26-,27+. The fourth-order valence-electron chi connectivity index (χ4n) is 6.12. The molecule has 3 aliphatic rings. The number of ketones is 1. The van der Waals surface area contributed by atoms with Crippen molar-refractivity contribution in [1.29, 1.82) is 0 Å². The van der Waals surface area contributed by atoms with Crippen molar-refractivity contribution in [3.05, 3.63) is 84.4 Å². The second kappa shape index (κ2) is 8.24. The quantitative estimate of drug-likeness (QED) is 0.384. The van der Waals surface area contributed by atoms with Gasteiger partial charge in [0.1, 0.15) is 5.75 Å². The minimum Gasteiger partial charge on any atom is -0.483 e. The van der Waals surface area contributed by atoms with Gasteiger partial charge < -0.3 is 4.74 Å². The first-order chi connectivity index (χ1) is 16.6. The van der Waals surface area contributed by atoms with Crippen molar-refractivity contribution >= 4 is 23.3 Å². The van der Waals surface area contributed by atoms with Crippen LogP contribution in [0.3, 0.4) is 0 Å². The molecular formula is C29H25NO4. The molecule has 4 atom stereocenters. The van der Waals surface area contributed by atoms with Crippen molar-refractivity contribution in [3.63, 3.8) is 0 Å². The number of amides is 2. The molecule has 34 heavy (non-hydrogen) atoms. The Balaban J connectivity index is 1.18. The number of ether oxygens (including phenoxy) is 1. The fourth-order valence-corrected chi connectivity index (χ4v) is 6.12. The Bertz CT molecular complexity index is 1240. The number of para-hydroxylation sites is 2. The molecule has 0 radical (unpaired) electrons. The molecule has 3 aromatic rings. The summed E-state index contributed by atoms with van der Waals surface area (Å²) in [6.45, 7) is -0.171. The van der Waals surface area contributed by atoms with Crippen LogP contribution in [0.2, 0.25) is 0 Å². The van der Waals surface area contributed by atoms with E-state index in [9.17, 15) is 14.4 Å². The average molecular weight is 452 g/mol. The molecule has 0 aromatic heterocycles. The van der Waals surface area contributed by atoms with E-state index in [-0.39, 0.29) is 36.0 Å². The van der Waals surface area contributed by atoms with Crippen LogP contribution >= 0.6 is 0 Å². The van der Waals surface area contributed by atoms with E-state index in [1.807, 2.05) is 42.5 Å². The highest BCUT2D eigenvalue weighted by molar-refractivity contribution is 6.23. The van der Waals surface area contributed by atoms with Crippen molar-refractivity contribution in [2.75, 3.05) is 11.5 Å². The zero-order valence-corrected chi connectivity index (χ0v) is 18.7. The zero-order chi connectivity index (χ0) is 23.2. The van der Waals surface area contributed by atoms with E-state index in [0.29, 0.717) is 28.8 Å². The van der Waals surface area contributed by atoms with Crippen LogP contribution in [-0.4, -0.2) is 24.2 Å². The molecular weight excluding hydrogens is 426 g/mol. The number of Topliss-reactive ketones (excluding diaryl/α,β-unsaturated/α-hetero) is 1. The number of fused-ring (bicyclic) bond motifs is 5. The molecule has 5 heteroatoms. The number of anilines is 1. The molecule has 2 amide bonds. The summed E-state index contributed by atoms with van der Waals surface area (Å²) in [6, 6.07) is 24.4. The Morgan fingerprint density at radius 3 is 2.03 bits per heavy atom. The van der Waals surface area contributed by atoms with Gasteiger partial charge in [-0.25, -0.2) is 4.90 Å². The first kappa shape index (κ1) is 20.8. The second-order valence-corrected chi connectivity index (χ2v) is 9.52. The lowest BCUT2D eigenvalue weighted by Gasteiger charge is -2.20. The summed E-state index contributed by atoms with van der Waals surface area (Å²) in [5, 5.41) is 0. The molecule has 3 fully saturated rings. The van der Waals surface area contributed by atoms with Crippen molar-refractivity contribution in [2.45, 2.75) is 19.3 Å². The van der Waals surface area contributed by atoms with Crippen LogP contribution in [0.25, 0.3) is 11.1 Å². The SMILES string of the molecule is O=C(COc1ccccc1N1C(=O)[C@@H]2[C@@H]3CC[C@@H](C3)[C@@H]2C1=O)c1ccc(-c2ccccc2)cc1. The Morgan fingerprint density at radius 2 is 1.35 bits per heavy atom. The molecule has 2 bridgehead atoms. The van der Waals surface area contributed by atoms with Crippen LogP contribution < -0.4 is 9.64 Å². The third-order valence-corrected chi connectivity index (χ3v) is 7.71. The van der Waals surface area contributed by atoms with Crippen LogP contribution in [0.4, 0.5) is 5.69 Å². The number of benzene rings is 3. The fraction of sp³-hybridized carbons (Fsp3) is 0.276. The Labute approximate surface area is 198 Å². The van der Waals surface area contributed by atoms with E-state index in [2.05, 4.69) is 0 Å². The third-order valence-electron chi connectivity index (χ3n) is 7.71. The van der Waals surface area contributed by atoms with E-state index >= 15 is 0 Å². The van der Waals surface area contributed by atoms with Gasteiger partial charge in [-0.3, -0.25) is 14.4 Å². The highest BCUT2D eigenvalue weighted by Crippen LogP contribution is 2.57. The van der Waals surface area contributed by atoms with Crippen molar-refractivity contribution in [3.8, 4) is 16.9 Å². The van der Waals surface area contributed by atoms with Crippen LogP contribution in [0, 0.1) is 23.7 Å². The van der Waals surface area contributed by atoms with Gasteiger partial charge in [-0.2, -0.15) is 0 Å². The van der Waals surface area contributed by atoms with E-state index in [1.165, 1.54) is 4.90 Å². The van der Waals surface area contributed by atoms with Crippen LogP contribution in [0.15, 0.2) is 78.9 Å². The number of hydrogen-bond acceptors (Lipinski definition) is 4. The summed E-state index contributed by atoms with van der Waals surface area (Å²) in [4.78, 5) is 40.6. The van der Waals surface area contributed by atoms with Crippen molar-refractivity contribution in [2.24, 2.45) is 23.7 Å². The minimum absolute atomic E-state index is 0.110. The summed E-state index contributed by atoms with van der Waals surface area (Å²) in [7, 11) is 0. The maximum atomic E-state index is 13.2. The zero-order valence-electron chi connectivity index (χ0n) is 18.7. The lowest BCUT2D eigenvalue weighted by molar-refractivity contribution is -0.123. The summed E-state index contributed by atoms with van der Waals surface area (Å²) >= 11 is 0. The number of rotatable bonds is 6. The van der Waals surface area contributed by atoms with Gasteiger partial charge >= 0.3 is 0 Å². The summed E-state index contributed by atoms with van der Waals surface area (Å²) in [5.74, 6) is 0.263. The van der Waals surface area contributed by atoms with Gasteiger partial charge in [0.2, 0.25) is 11.8 Å². The molecule has 1 aliphatic heterocycles. The monoisotopic (exact) mass is 451 g/mol. The summed E-state index contributed by atoms with van der Waals surface area (Å²) in [5.41, 5.74) is 3.12. The normalized spacial score (nSPS) is 25.0. The number of imide groups is 1. The lowest BCUT2D eigenvalue weighted by atomic mass is 9.81. The smallest absolute Gasteiger partial charge is 0.238 e. The Morgan fingerprint density at radius 1 is 0.765 bits per heavy atom. The maximum absolute atomic E-state index is 13.2. The molecule has 5 nitrogen and oxygen atoms in total. The van der Waals surface area contributed by atoms with Crippen LogP contribution in [-0.2, 0) is 9.59 Å². The largest absolute Gasteiger partial charge is 0.483 e. The number of carbonyl (C=O) groups excluding carboxylic acids is 3. The van der Waals surface area contributed by atoms with Gasteiger partial charge in [-0.1, -0.05) is 66.7 Å². The van der Waals surface area contributed by atoms with Gasteiger partial charge in [0.05, 0.1) is 17.5 Å². The predicted molar refractivity (Wildman–Crippen MR) is 128 cm³/mol. The van der Waals surface area contributed by atoms with Gasteiger partial charge in [0, 0.05) is 5.56 Å². The molecule has 170 valence electrons. The molecule has 6 rings (SSSR count). The lowest BCUT2D eigenvalue weighted by Crippen LogP contribution is -2.33. The molecule has 1 saturated heterocycles. The van der Waals surface area contributed by atoms with E-state index in [0.717, 1.165) is 30.4 Å². The molecule has 0 unspecified atom stereocenters. The van der Waals surface area contributed by atoms with E-state index in [4.69, 9.17) is 4.74 Å². The van der Waals surface area contributed by atoms with Gasteiger partial charge in [0.15, 0.2) is 12.4 Å². The van der Waals surface area contributed by atoms with Gasteiger partial charge in [0.25, 0.3) is 0 Å². The van der Waals surface area contributed by atoms with Gasteiger partial charge in [-0.05, 0) is 54.4 Å². The predicted octanol–water partition coefficient (Wildman–Crippen LogP) is 5.15. The Hall–Kier alpha value is -3.73. The molecule has 3 aromatic carbocycles. The first-order valence-corrected chi connectivity index (χ1v) is 11.9. The topological polar surface area (TPSA) is 63.7 Å². The number of hydrogen-bond donors (Lipinski definition) is 0. The highest BCUT2D eigenvalue weighted by atomic mass is 16.5. The Kier molecular flexibility index (Phi) is 5.05. The first-order valence-electron chi connectivity index (χ1n) is 11.9. The van der Waals surface area contributed by atoms with E-state index in [1.54, 1.807) is 36.4 Å². The average Bonchev–Trinajstić information content (AvgIpc) is 3.57. The molecule has 1 heterocycles.